The predicted molar refractivity (Wildman–Crippen MR) is 84.9 cm³/mol. The third-order valence-electron chi connectivity index (χ3n) is 3.02. The molecule has 2 aromatic heterocycles. The fourth-order valence-electron chi connectivity index (χ4n) is 1.94. The van der Waals surface area contributed by atoms with E-state index in [-0.39, 0.29) is 10.5 Å². The monoisotopic (exact) mass is 333 g/mol. The summed E-state index contributed by atoms with van der Waals surface area (Å²) < 4.78 is 23.1. The van der Waals surface area contributed by atoms with Crippen molar-refractivity contribution in [2.75, 3.05) is 11.6 Å². The zero-order valence-corrected chi connectivity index (χ0v) is 13.1. The van der Waals surface area contributed by atoms with Crippen molar-refractivity contribution in [2.24, 2.45) is 0 Å². The van der Waals surface area contributed by atoms with Crippen molar-refractivity contribution in [3.05, 3.63) is 47.6 Å². The quantitative estimate of drug-likeness (QED) is 0.795. The lowest BCUT2D eigenvalue weighted by Crippen LogP contribution is -2.14. The van der Waals surface area contributed by atoms with Gasteiger partial charge in [0.25, 0.3) is 5.91 Å². The number of carbonyl (C=O) groups excluding carboxylic acids is 1. The molecule has 0 aliphatic heterocycles. The molecule has 1 aromatic carbocycles. The Kier molecular flexibility index (Phi) is 3.63. The maximum atomic E-state index is 12.3. The second-order valence-corrected chi connectivity index (χ2v) is 7.53. The van der Waals surface area contributed by atoms with E-state index in [0.29, 0.717) is 5.82 Å². The van der Waals surface area contributed by atoms with Crippen molar-refractivity contribution in [3.8, 4) is 0 Å². The largest absolute Gasteiger partial charge is 0.306 e. The number of carbonyl (C=O) groups is 1. The van der Waals surface area contributed by atoms with E-state index >= 15 is 0 Å². The van der Waals surface area contributed by atoms with Gasteiger partial charge >= 0.3 is 0 Å². The summed E-state index contributed by atoms with van der Waals surface area (Å²) in [6, 6.07) is 7.70. The molecule has 0 atom stereocenters. The molecule has 0 radical (unpaired) electrons. The Labute approximate surface area is 130 Å². The Hall–Kier alpha value is -2.32. The molecule has 112 valence electrons. The molecule has 0 saturated carbocycles. The molecule has 1 amide bonds. The molecule has 0 aliphatic rings. The van der Waals surface area contributed by atoms with E-state index in [1.165, 1.54) is 35.9 Å². The first-order chi connectivity index (χ1) is 10.4. The molecule has 0 bridgehead atoms. The first-order valence-electron chi connectivity index (χ1n) is 6.25. The van der Waals surface area contributed by atoms with E-state index in [1.54, 1.807) is 6.07 Å². The van der Waals surface area contributed by atoms with Crippen LogP contribution in [0.2, 0.25) is 0 Å². The lowest BCUT2D eigenvalue weighted by molar-refractivity contribution is 0.102. The number of nitrogens with zero attached hydrogens (tertiary/aromatic N) is 2. The van der Waals surface area contributed by atoms with Gasteiger partial charge in [-0.15, -0.1) is 11.3 Å². The van der Waals surface area contributed by atoms with Crippen molar-refractivity contribution in [1.82, 2.24) is 9.97 Å². The van der Waals surface area contributed by atoms with Gasteiger partial charge in [-0.2, -0.15) is 0 Å². The number of nitrogens with one attached hydrogen (secondary N) is 1. The standard InChI is InChI=1S/C14H11N3O3S2/c1-22(19,20)10-4-2-3-9(7-10)13(18)17-12-11-5-6-21-14(11)16-8-15-12/h2-8H,1H3,(H,15,16,17,18). The van der Waals surface area contributed by atoms with Crippen LogP contribution in [0.4, 0.5) is 5.82 Å². The van der Waals surface area contributed by atoms with Gasteiger partial charge < -0.3 is 5.32 Å². The Morgan fingerprint density at radius 3 is 2.82 bits per heavy atom. The summed E-state index contributed by atoms with van der Waals surface area (Å²) in [5.41, 5.74) is 0.255. The van der Waals surface area contributed by atoms with Gasteiger partial charge in [-0.05, 0) is 29.6 Å². The maximum absolute atomic E-state index is 12.3. The molecule has 8 heteroatoms. The number of rotatable bonds is 3. The Balaban J connectivity index is 1.94. The van der Waals surface area contributed by atoms with Crippen molar-refractivity contribution in [1.29, 1.82) is 0 Å². The zero-order valence-electron chi connectivity index (χ0n) is 11.5. The third-order valence-corrected chi connectivity index (χ3v) is 4.95. The van der Waals surface area contributed by atoms with E-state index in [4.69, 9.17) is 0 Å². The lowest BCUT2D eigenvalue weighted by Gasteiger charge is -2.06. The summed E-state index contributed by atoms with van der Waals surface area (Å²) in [5, 5.41) is 5.30. The highest BCUT2D eigenvalue weighted by molar-refractivity contribution is 7.90. The highest BCUT2D eigenvalue weighted by Crippen LogP contribution is 2.24. The Morgan fingerprint density at radius 1 is 1.23 bits per heavy atom. The summed E-state index contributed by atoms with van der Waals surface area (Å²) in [7, 11) is -3.36. The van der Waals surface area contributed by atoms with Gasteiger partial charge in [0.05, 0.1) is 10.3 Å². The summed E-state index contributed by atoms with van der Waals surface area (Å²) in [6.07, 6.45) is 2.48. The number of benzene rings is 1. The number of hydrogen-bond acceptors (Lipinski definition) is 6. The van der Waals surface area contributed by atoms with Crippen molar-refractivity contribution in [3.63, 3.8) is 0 Å². The summed E-state index contributed by atoms with van der Waals surface area (Å²) in [6.45, 7) is 0. The van der Waals surface area contributed by atoms with Gasteiger partial charge in [-0.3, -0.25) is 4.79 Å². The molecule has 2 heterocycles. The number of anilines is 1. The third kappa shape index (κ3) is 2.83. The minimum Gasteiger partial charge on any atom is -0.306 e. The summed E-state index contributed by atoms with van der Waals surface area (Å²) in [4.78, 5) is 21.3. The molecule has 6 nitrogen and oxygen atoms in total. The zero-order chi connectivity index (χ0) is 15.7. The molecule has 0 fully saturated rings. The minimum atomic E-state index is -3.36. The molecular weight excluding hydrogens is 322 g/mol. The summed E-state index contributed by atoms with van der Waals surface area (Å²) in [5.74, 6) is -0.0160. The van der Waals surface area contributed by atoms with Crippen molar-refractivity contribution >= 4 is 43.1 Å². The van der Waals surface area contributed by atoms with Crippen LogP contribution in [-0.2, 0) is 9.84 Å². The van der Waals surface area contributed by atoms with Gasteiger partial charge in [0, 0.05) is 11.8 Å². The van der Waals surface area contributed by atoms with E-state index in [9.17, 15) is 13.2 Å². The van der Waals surface area contributed by atoms with Crippen LogP contribution in [0, 0.1) is 0 Å². The van der Waals surface area contributed by atoms with Crippen molar-refractivity contribution in [2.45, 2.75) is 4.90 Å². The van der Waals surface area contributed by atoms with E-state index in [1.807, 2.05) is 11.4 Å². The molecule has 0 unspecified atom stereocenters. The van der Waals surface area contributed by atoms with Crippen LogP contribution in [0.5, 0.6) is 0 Å². The molecule has 0 saturated heterocycles. The van der Waals surface area contributed by atoms with E-state index in [0.717, 1.165) is 16.5 Å². The van der Waals surface area contributed by atoms with Gasteiger partial charge in [-0.25, -0.2) is 18.4 Å². The number of thiophene rings is 1. The van der Waals surface area contributed by atoms with E-state index in [2.05, 4.69) is 15.3 Å². The van der Waals surface area contributed by atoms with Crippen LogP contribution >= 0.6 is 11.3 Å². The lowest BCUT2D eigenvalue weighted by atomic mass is 10.2. The van der Waals surface area contributed by atoms with Crippen LogP contribution < -0.4 is 5.32 Å². The Bertz CT molecular complexity index is 964. The molecular formula is C14H11N3O3S2. The number of sulfone groups is 1. The van der Waals surface area contributed by atoms with E-state index < -0.39 is 15.7 Å². The van der Waals surface area contributed by atoms with Gasteiger partial charge in [0.2, 0.25) is 0 Å². The highest BCUT2D eigenvalue weighted by atomic mass is 32.2. The Morgan fingerprint density at radius 2 is 2.05 bits per heavy atom. The topological polar surface area (TPSA) is 89.0 Å². The fourth-order valence-corrected chi connectivity index (χ4v) is 3.34. The molecule has 0 spiro atoms. The minimum absolute atomic E-state index is 0.100. The second-order valence-electron chi connectivity index (χ2n) is 4.62. The number of fused-ring (bicyclic) bond motifs is 1. The number of amides is 1. The maximum Gasteiger partial charge on any atom is 0.256 e. The smallest absolute Gasteiger partial charge is 0.256 e. The fraction of sp³-hybridized carbons (Fsp3) is 0.0714. The molecule has 1 N–H and O–H groups in total. The second kappa shape index (κ2) is 5.47. The van der Waals surface area contributed by atoms with Crippen molar-refractivity contribution < 1.29 is 13.2 Å². The van der Waals surface area contributed by atoms with Crippen LogP contribution in [0.15, 0.2) is 46.9 Å². The van der Waals surface area contributed by atoms with Crippen LogP contribution in [0.1, 0.15) is 10.4 Å². The predicted octanol–water partition coefficient (Wildman–Crippen LogP) is 2.35. The molecule has 3 rings (SSSR count). The molecule has 3 aromatic rings. The molecule has 22 heavy (non-hydrogen) atoms. The van der Waals surface area contributed by atoms with Gasteiger partial charge in [0.15, 0.2) is 9.84 Å². The normalized spacial score (nSPS) is 11.5. The van der Waals surface area contributed by atoms with Crippen LogP contribution in [-0.4, -0.2) is 30.5 Å². The van der Waals surface area contributed by atoms with Gasteiger partial charge in [-0.1, -0.05) is 6.07 Å². The van der Waals surface area contributed by atoms with Crippen LogP contribution in [0.25, 0.3) is 10.2 Å². The average molecular weight is 333 g/mol. The summed E-state index contributed by atoms with van der Waals surface area (Å²) >= 11 is 1.45. The average Bonchev–Trinajstić information content (AvgIpc) is 2.96. The SMILES string of the molecule is CS(=O)(=O)c1cccc(C(=O)Nc2ncnc3sccc23)c1. The first kappa shape index (κ1) is 14.6. The number of aromatic nitrogens is 2. The molecule has 0 aliphatic carbocycles. The number of hydrogen-bond donors (Lipinski definition) is 1. The highest BCUT2D eigenvalue weighted by Gasteiger charge is 2.13. The van der Waals surface area contributed by atoms with Crippen LogP contribution in [0.3, 0.4) is 0 Å². The first-order valence-corrected chi connectivity index (χ1v) is 9.02. The van der Waals surface area contributed by atoms with Gasteiger partial charge in [0.1, 0.15) is 17.0 Å².